The van der Waals surface area contributed by atoms with Gasteiger partial charge in [0.05, 0.1) is 5.92 Å². The molecule has 0 amide bonds. The molecule has 0 aromatic carbocycles. The van der Waals surface area contributed by atoms with Crippen LogP contribution < -0.4 is 0 Å². The second-order valence-corrected chi connectivity index (χ2v) is 3.42. The largest absolute Gasteiger partial charge is 0.481 e. The average molecular weight is 179 g/mol. The lowest BCUT2D eigenvalue weighted by Gasteiger charge is -2.07. The van der Waals surface area contributed by atoms with Gasteiger partial charge in [-0.25, -0.2) is 8.51 Å². The second kappa shape index (κ2) is 3.29. The van der Waals surface area contributed by atoms with Crippen LogP contribution in [0.1, 0.15) is 6.42 Å². The van der Waals surface area contributed by atoms with E-state index in [1.807, 2.05) is 0 Å². The molecule has 0 saturated carbocycles. The highest BCUT2D eigenvalue weighted by molar-refractivity contribution is 7.76. The third-order valence-corrected chi connectivity index (χ3v) is 2.49. The summed E-state index contributed by atoms with van der Waals surface area (Å²) in [5.41, 5.74) is 0. The van der Waals surface area contributed by atoms with Crippen LogP contribution in [0.5, 0.6) is 0 Å². The molecule has 2 atom stereocenters. The topological polar surface area (TPSA) is 77.8 Å². The highest BCUT2D eigenvalue weighted by atomic mass is 32.2. The number of aliphatic carboxylic acids is 1. The fourth-order valence-electron chi connectivity index (χ4n) is 1.07. The zero-order valence-corrected chi connectivity index (χ0v) is 6.58. The Morgan fingerprint density at radius 3 is 2.55 bits per heavy atom. The predicted octanol–water partition coefficient (Wildman–Crippen LogP) is -0.470. The molecule has 1 aliphatic rings. The molecule has 64 valence electrons. The number of carbonyl (C=O) groups is 1. The van der Waals surface area contributed by atoms with Crippen LogP contribution in [-0.4, -0.2) is 37.2 Å². The minimum Gasteiger partial charge on any atom is -0.481 e. The number of rotatable bonds is 2. The summed E-state index contributed by atoms with van der Waals surface area (Å²) in [5.74, 6) is -1.37. The lowest BCUT2D eigenvalue weighted by atomic mass is 10.1. The lowest BCUT2D eigenvalue weighted by Crippen LogP contribution is -2.24. The molecule has 1 rings (SSSR count). The van der Waals surface area contributed by atoms with Gasteiger partial charge in [0.15, 0.2) is 0 Å². The van der Waals surface area contributed by atoms with Crippen molar-refractivity contribution in [2.24, 2.45) is 5.92 Å². The SMILES string of the molecule is O=C(O)C1CCN(S(=O)O)C1. The van der Waals surface area contributed by atoms with Crippen molar-refractivity contribution in [3.05, 3.63) is 0 Å². The molecule has 1 heterocycles. The zero-order chi connectivity index (χ0) is 8.43. The van der Waals surface area contributed by atoms with Crippen LogP contribution in [0.15, 0.2) is 0 Å². The Kier molecular flexibility index (Phi) is 2.58. The van der Waals surface area contributed by atoms with Gasteiger partial charge in [-0.2, -0.15) is 0 Å². The molecule has 0 radical (unpaired) electrons. The molecule has 0 aromatic rings. The van der Waals surface area contributed by atoms with E-state index in [0.717, 1.165) is 0 Å². The van der Waals surface area contributed by atoms with E-state index in [1.54, 1.807) is 0 Å². The van der Waals surface area contributed by atoms with E-state index >= 15 is 0 Å². The van der Waals surface area contributed by atoms with Crippen molar-refractivity contribution in [2.45, 2.75) is 6.42 Å². The third kappa shape index (κ3) is 1.98. The molecule has 2 unspecified atom stereocenters. The van der Waals surface area contributed by atoms with Gasteiger partial charge < -0.3 is 5.11 Å². The number of hydrogen-bond donors (Lipinski definition) is 2. The first kappa shape index (κ1) is 8.63. The van der Waals surface area contributed by atoms with Crippen LogP contribution in [-0.2, 0) is 16.1 Å². The maximum atomic E-state index is 10.4. The molecule has 0 aromatic heterocycles. The summed E-state index contributed by atoms with van der Waals surface area (Å²) in [4.78, 5) is 10.4. The van der Waals surface area contributed by atoms with Crippen molar-refractivity contribution >= 4 is 17.2 Å². The van der Waals surface area contributed by atoms with Crippen LogP contribution in [0.2, 0.25) is 0 Å². The van der Waals surface area contributed by atoms with Gasteiger partial charge in [0.1, 0.15) is 0 Å². The van der Waals surface area contributed by atoms with Crippen LogP contribution in [0, 0.1) is 5.92 Å². The van der Waals surface area contributed by atoms with E-state index in [4.69, 9.17) is 9.66 Å². The Balaban J connectivity index is 2.47. The van der Waals surface area contributed by atoms with Crippen molar-refractivity contribution in [3.8, 4) is 0 Å². The minimum atomic E-state index is -2.01. The van der Waals surface area contributed by atoms with Gasteiger partial charge in [-0.05, 0) is 6.42 Å². The van der Waals surface area contributed by atoms with Gasteiger partial charge in [-0.15, -0.1) is 0 Å². The smallest absolute Gasteiger partial charge is 0.307 e. The Bertz CT molecular complexity index is 175. The molecule has 0 spiro atoms. The monoisotopic (exact) mass is 179 g/mol. The van der Waals surface area contributed by atoms with E-state index in [9.17, 15) is 9.00 Å². The molecule has 0 aliphatic carbocycles. The Hall–Kier alpha value is -0.460. The molecule has 6 heteroatoms. The molecule has 0 bridgehead atoms. The molecular weight excluding hydrogens is 170 g/mol. The Morgan fingerprint density at radius 1 is 1.64 bits per heavy atom. The average Bonchev–Trinajstić information content (AvgIpc) is 2.33. The summed E-state index contributed by atoms with van der Waals surface area (Å²) in [7, 11) is 0. The molecular formula is C5H9NO4S. The molecule has 1 saturated heterocycles. The van der Waals surface area contributed by atoms with Gasteiger partial charge in [-0.3, -0.25) is 9.35 Å². The van der Waals surface area contributed by atoms with Crippen molar-refractivity contribution in [3.63, 3.8) is 0 Å². The van der Waals surface area contributed by atoms with Gasteiger partial charge in [0, 0.05) is 13.1 Å². The fraction of sp³-hybridized carbons (Fsp3) is 0.800. The first-order valence-electron chi connectivity index (χ1n) is 3.20. The normalized spacial score (nSPS) is 28.6. The Labute approximate surface area is 66.4 Å². The summed E-state index contributed by atoms with van der Waals surface area (Å²) >= 11 is -2.01. The standard InChI is InChI=1S/C5H9NO4S/c7-5(8)4-1-2-6(3-4)11(9)10/h4H,1-3H2,(H,7,8)(H,9,10). The van der Waals surface area contributed by atoms with Gasteiger partial charge in [0.25, 0.3) is 0 Å². The van der Waals surface area contributed by atoms with Crippen LogP contribution in [0.25, 0.3) is 0 Å². The molecule has 2 N–H and O–H groups in total. The van der Waals surface area contributed by atoms with E-state index < -0.39 is 23.2 Å². The quantitative estimate of drug-likeness (QED) is 0.562. The first-order chi connectivity index (χ1) is 5.11. The molecule has 11 heavy (non-hydrogen) atoms. The van der Waals surface area contributed by atoms with Gasteiger partial charge in [0.2, 0.25) is 11.3 Å². The minimum absolute atomic E-state index is 0.179. The molecule has 1 aliphatic heterocycles. The number of nitrogens with zero attached hydrogens (tertiary/aromatic N) is 1. The number of carboxylic acid groups (broad SMARTS) is 1. The highest BCUT2D eigenvalue weighted by Gasteiger charge is 2.30. The van der Waals surface area contributed by atoms with Crippen molar-refractivity contribution < 1.29 is 18.7 Å². The maximum absolute atomic E-state index is 10.4. The zero-order valence-electron chi connectivity index (χ0n) is 5.77. The first-order valence-corrected chi connectivity index (χ1v) is 4.26. The second-order valence-electron chi connectivity index (χ2n) is 2.44. The van der Waals surface area contributed by atoms with Crippen LogP contribution >= 0.6 is 0 Å². The van der Waals surface area contributed by atoms with E-state index in [0.29, 0.717) is 13.0 Å². The van der Waals surface area contributed by atoms with Crippen LogP contribution in [0.3, 0.4) is 0 Å². The molecule has 5 nitrogen and oxygen atoms in total. The summed E-state index contributed by atoms with van der Waals surface area (Å²) in [6, 6.07) is 0. The highest BCUT2D eigenvalue weighted by Crippen LogP contribution is 2.16. The van der Waals surface area contributed by atoms with E-state index in [1.165, 1.54) is 4.31 Å². The summed E-state index contributed by atoms with van der Waals surface area (Å²) < 4.78 is 20.2. The third-order valence-electron chi connectivity index (χ3n) is 1.72. The number of carboxylic acids is 1. The summed E-state index contributed by atoms with van der Waals surface area (Å²) in [6.07, 6.45) is 0.460. The van der Waals surface area contributed by atoms with E-state index in [2.05, 4.69) is 0 Å². The van der Waals surface area contributed by atoms with Crippen molar-refractivity contribution in [1.29, 1.82) is 0 Å². The number of hydrogen-bond acceptors (Lipinski definition) is 2. The molecule has 1 fully saturated rings. The van der Waals surface area contributed by atoms with Gasteiger partial charge in [-0.1, -0.05) is 0 Å². The van der Waals surface area contributed by atoms with Crippen molar-refractivity contribution in [1.82, 2.24) is 4.31 Å². The summed E-state index contributed by atoms with van der Waals surface area (Å²) in [6.45, 7) is 0.568. The van der Waals surface area contributed by atoms with Gasteiger partial charge >= 0.3 is 5.97 Å². The lowest BCUT2D eigenvalue weighted by molar-refractivity contribution is -0.141. The van der Waals surface area contributed by atoms with Crippen molar-refractivity contribution in [2.75, 3.05) is 13.1 Å². The fourth-order valence-corrected chi connectivity index (χ4v) is 1.64. The van der Waals surface area contributed by atoms with E-state index in [-0.39, 0.29) is 6.54 Å². The summed E-state index contributed by atoms with van der Waals surface area (Å²) in [5, 5.41) is 8.51. The van der Waals surface area contributed by atoms with Crippen LogP contribution in [0.4, 0.5) is 0 Å². The Morgan fingerprint density at radius 2 is 2.27 bits per heavy atom. The maximum Gasteiger partial charge on any atom is 0.307 e. The predicted molar refractivity (Wildman–Crippen MR) is 38.1 cm³/mol.